The number of aliphatic hydroxyl groups is 1. The molecule has 3 heteroatoms. The molecule has 0 spiro atoms. The Morgan fingerprint density at radius 2 is 1.89 bits per heavy atom. The first-order valence-corrected chi connectivity index (χ1v) is 6.33. The Bertz CT molecular complexity index is 562. The van der Waals surface area contributed by atoms with Crippen LogP contribution >= 0.6 is 0 Å². The van der Waals surface area contributed by atoms with Crippen LogP contribution in [0.4, 0.5) is 0 Å². The van der Waals surface area contributed by atoms with Crippen LogP contribution in [-0.4, -0.2) is 20.4 Å². The molecule has 3 nitrogen and oxygen atoms in total. The molecule has 0 aliphatic carbocycles. The van der Waals surface area contributed by atoms with Gasteiger partial charge in [0.05, 0.1) is 11.1 Å². The number of phenols is 1. The van der Waals surface area contributed by atoms with Crippen molar-refractivity contribution in [1.82, 2.24) is 4.57 Å². The average Bonchev–Trinajstić information content (AvgIpc) is 2.51. The van der Waals surface area contributed by atoms with Crippen molar-refractivity contribution in [3.63, 3.8) is 0 Å². The van der Waals surface area contributed by atoms with Crippen LogP contribution in [0.1, 0.15) is 39.4 Å². The molecule has 2 rings (SSSR count). The van der Waals surface area contributed by atoms with Gasteiger partial charge in [0.1, 0.15) is 5.75 Å². The number of hydrogen-bond acceptors (Lipinski definition) is 2. The number of aromatic nitrogens is 1. The smallest absolute Gasteiger partial charge is 0.117 e. The van der Waals surface area contributed by atoms with Crippen molar-refractivity contribution in [2.75, 3.05) is 0 Å². The summed E-state index contributed by atoms with van der Waals surface area (Å²) in [7, 11) is 0. The van der Waals surface area contributed by atoms with Gasteiger partial charge in [0.2, 0.25) is 0 Å². The fourth-order valence-electron chi connectivity index (χ4n) is 2.46. The van der Waals surface area contributed by atoms with Gasteiger partial charge in [-0.25, -0.2) is 0 Å². The van der Waals surface area contributed by atoms with E-state index in [0.29, 0.717) is 12.5 Å². The van der Waals surface area contributed by atoms with E-state index in [9.17, 15) is 10.2 Å². The Balaban J connectivity index is 2.62. The van der Waals surface area contributed by atoms with E-state index >= 15 is 0 Å². The van der Waals surface area contributed by atoms with Gasteiger partial charge in [0, 0.05) is 29.6 Å². The first-order valence-electron chi connectivity index (χ1n) is 6.33. The van der Waals surface area contributed by atoms with E-state index in [4.69, 9.17) is 0 Å². The van der Waals surface area contributed by atoms with Gasteiger partial charge in [0.15, 0.2) is 0 Å². The molecule has 0 radical (unpaired) electrons. The molecule has 0 aliphatic heterocycles. The molecule has 0 saturated carbocycles. The lowest BCUT2D eigenvalue weighted by molar-refractivity contribution is 0.0789. The number of nitrogens with zero attached hydrogens (tertiary/aromatic N) is 1. The van der Waals surface area contributed by atoms with E-state index in [2.05, 4.69) is 24.5 Å². The minimum Gasteiger partial charge on any atom is -0.508 e. The summed E-state index contributed by atoms with van der Waals surface area (Å²) < 4.78 is 2.17. The van der Waals surface area contributed by atoms with E-state index < -0.39 is 5.60 Å². The fourth-order valence-corrected chi connectivity index (χ4v) is 2.46. The van der Waals surface area contributed by atoms with E-state index in [1.165, 1.54) is 0 Å². The second-order valence-electron chi connectivity index (χ2n) is 5.83. The Hall–Kier alpha value is -1.48. The summed E-state index contributed by atoms with van der Waals surface area (Å²) >= 11 is 0. The van der Waals surface area contributed by atoms with Crippen LogP contribution in [0.5, 0.6) is 5.75 Å². The summed E-state index contributed by atoms with van der Waals surface area (Å²) in [6, 6.07) is 7.77. The molecule has 0 bridgehead atoms. The third-order valence-electron chi connectivity index (χ3n) is 3.04. The zero-order chi connectivity index (χ0) is 13.5. The minimum atomic E-state index is -0.733. The number of hydrogen-bond donors (Lipinski definition) is 2. The van der Waals surface area contributed by atoms with E-state index in [-0.39, 0.29) is 5.75 Å². The van der Waals surface area contributed by atoms with Crippen molar-refractivity contribution in [2.45, 2.75) is 45.8 Å². The number of aromatic hydroxyl groups is 1. The van der Waals surface area contributed by atoms with Gasteiger partial charge >= 0.3 is 0 Å². The van der Waals surface area contributed by atoms with Crippen molar-refractivity contribution < 1.29 is 10.2 Å². The first kappa shape index (κ1) is 13.0. The molecule has 1 aromatic carbocycles. The highest BCUT2D eigenvalue weighted by atomic mass is 16.3. The molecule has 1 aromatic heterocycles. The third kappa shape index (κ3) is 2.51. The second kappa shape index (κ2) is 4.32. The molecule has 2 N–H and O–H groups in total. The molecule has 98 valence electrons. The summed E-state index contributed by atoms with van der Waals surface area (Å²) in [5.74, 6) is 0.275. The van der Waals surface area contributed by atoms with Gasteiger partial charge in [0.25, 0.3) is 0 Å². The van der Waals surface area contributed by atoms with Crippen molar-refractivity contribution in [1.29, 1.82) is 0 Å². The molecule has 0 atom stereocenters. The largest absolute Gasteiger partial charge is 0.508 e. The minimum absolute atomic E-state index is 0.275. The van der Waals surface area contributed by atoms with Crippen molar-refractivity contribution >= 4 is 10.9 Å². The zero-order valence-electron chi connectivity index (χ0n) is 11.4. The Labute approximate surface area is 108 Å². The van der Waals surface area contributed by atoms with Crippen LogP contribution in [0, 0.1) is 0 Å². The molecule has 0 aliphatic rings. The van der Waals surface area contributed by atoms with Gasteiger partial charge in [-0.05, 0) is 45.9 Å². The van der Waals surface area contributed by atoms with E-state index in [1.54, 1.807) is 12.1 Å². The Morgan fingerprint density at radius 3 is 2.44 bits per heavy atom. The maximum absolute atomic E-state index is 9.99. The SMILES string of the molecule is CC(C)n1c(CC(C)(C)O)cc2ccc(O)cc21. The Morgan fingerprint density at radius 1 is 1.22 bits per heavy atom. The molecule has 0 amide bonds. The highest BCUT2D eigenvalue weighted by Crippen LogP contribution is 2.29. The number of fused-ring (bicyclic) bond motifs is 1. The highest BCUT2D eigenvalue weighted by Gasteiger charge is 2.19. The average molecular weight is 247 g/mol. The lowest BCUT2D eigenvalue weighted by atomic mass is 10.0. The molecule has 1 heterocycles. The number of rotatable bonds is 3. The van der Waals surface area contributed by atoms with Crippen molar-refractivity contribution in [2.24, 2.45) is 0 Å². The van der Waals surface area contributed by atoms with Gasteiger partial charge < -0.3 is 14.8 Å². The van der Waals surface area contributed by atoms with Crippen LogP contribution in [0.3, 0.4) is 0 Å². The third-order valence-corrected chi connectivity index (χ3v) is 3.04. The molecule has 0 saturated heterocycles. The summed E-state index contributed by atoms with van der Waals surface area (Å²) in [6.07, 6.45) is 0.598. The summed E-state index contributed by atoms with van der Waals surface area (Å²) in [5.41, 5.74) is 1.38. The van der Waals surface area contributed by atoms with Crippen LogP contribution in [0.2, 0.25) is 0 Å². The molecule has 0 unspecified atom stereocenters. The van der Waals surface area contributed by atoms with E-state index in [1.807, 2.05) is 19.9 Å². The van der Waals surface area contributed by atoms with Gasteiger partial charge in [-0.3, -0.25) is 0 Å². The topological polar surface area (TPSA) is 45.4 Å². The molecule has 0 fully saturated rings. The summed E-state index contributed by atoms with van der Waals surface area (Å²) in [6.45, 7) is 7.84. The second-order valence-corrected chi connectivity index (χ2v) is 5.83. The highest BCUT2D eigenvalue weighted by molar-refractivity contribution is 5.83. The zero-order valence-corrected chi connectivity index (χ0v) is 11.4. The summed E-state index contributed by atoms with van der Waals surface area (Å²) in [4.78, 5) is 0. The van der Waals surface area contributed by atoms with Gasteiger partial charge in [-0.2, -0.15) is 0 Å². The van der Waals surface area contributed by atoms with E-state index in [0.717, 1.165) is 16.6 Å². The first-order chi connectivity index (χ1) is 8.28. The maximum atomic E-state index is 9.99. The molecular weight excluding hydrogens is 226 g/mol. The Kier molecular flexibility index (Phi) is 3.11. The number of phenolic OH excluding ortho intramolecular Hbond substituents is 1. The molecule has 18 heavy (non-hydrogen) atoms. The van der Waals surface area contributed by atoms with Crippen molar-refractivity contribution in [3.8, 4) is 5.75 Å². The number of benzene rings is 1. The quantitative estimate of drug-likeness (QED) is 0.874. The van der Waals surface area contributed by atoms with Gasteiger partial charge in [-0.15, -0.1) is 0 Å². The van der Waals surface area contributed by atoms with Crippen LogP contribution < -0.4 is 0 Å². The normalized spacial score (nSPS) is 12.6. The van der Waals surface area contributed by atoms with Gasteiger partial charge in [-0.1, -0.05) is 0 Å². The summed E-state index contributed by atoms with van der Waals surface area (Å²) in [5, 5.41) is 20.7. The predicted octanol–water partition coefficient (Wildman–Crippen LogP) is 3.24. The molecule has 2 aromatic rings. The monoisotopic (exact) mass is 247 g/mol. The predicted molar refractivity (Wildman–Crippen MR) is 74.0 cm³/mol. The van der Waals surface area contributed by atoms with Crippen LogP contribution in [0.25, 0.3) is 10.9 Å². The fraction of sp³-hybridized carbons (Fsp3) is 0.467. The van der Waals surface area contributed by atoms with Crippen LogP contribution in [-0.2, 0) is 6.42 Å². The van der Waals surface area contributed by atoms with Crippen molar-refractivity contribution in [3.05, 3.63) is 30.0 Å². The lowest BCUT2D eigenvalue weighted by Crippen LogP contribution is -2.24. The molecular formula is C15H21NO2. The maximum Gasteiger partial charge on any atom is 0.117 e. The standard InChI is InChI=1S/C15H21NO2/c1-10(2)16-12(9-15(3,4)18)7-11-5-6-13(17)8-14(11)16/h5-8,10,17-18H,9H2,1-4H3. The lowest BCUT2D eigenvalue weighted by Gasteiger charge is -2.21. The van der Waals surface area contributed by atoms with Crippen LogP contribution in [0.15, 0.2) is 24.3 Å².